The van der Waals surface area contributed by atoms with E-state index in [-0.39, 0.29) is 30.1 Å². The summed E-state index contributed by atoms with van der Waals surface area (Å²) in [4.78, 5) is 39.7. The third kappa shape index (κ3) is 13.3. The van der Waals surface area contributed by atoms with Crippen LogP contribution >= 0.6 is 0 Å². The number of hydrogen-bond donors (Lipinski definition) is 2. The first-order chi connectivity index (χ1) is 16.1. The van der Waals surface area contributed by atoms with Crippen molar-refractivity contribution < 1.29 is 33.4 Å². The van der Waals surface area contributed by atoms with Gasteiger partial charge in [-0.3, -0.25) is 0 Å². The first-order valence-electron chi connectivity index (χ1n) is 12.0. The van der Waals surface area contributed by atoms with Gasteiger partial charge >= 0.3 is 18.0 Å². The Bertz CT molecular complexity index is 680. The van der Waals surface area contributed by atoms with Crippen LogP contribution in [0.1, 0.15) is 65.7 Å². The highest BCUT2D eigenvalue weighted by atomic mass is 16.6. The minimum absolute atomic E-state index is 0.0976. The molecular formula is C25H42N2O7. The van der Waals surface area contributed by atoms with Gasteiger partial charge < -0.3 is 24.4 Å². The number of alkyl carbamates (subject to hydrolysis) is 1. The number of carbonyl (C=O) groups excluding carboxylic acids is 3. The number of unbranched alkanes of at least 4 members (excludes halogenated alkanes) is 2. The van der Waals surface area contributed by atoms with E-state index >= 15 is 0 Å². The summed E-state index contributed by atoms with van der Waals surface area (Å²) in [5, 5.41) is 2.90. The van der Waals surface area contributed by atoms with Gasteiger partial charge in [0.1, 0.15) is 0 Å². The summed E-state index contributed by atoms with van der Waals surface area (Å²) in [5.41, 5.74) is 3.19. The molecule has 0 saturated heterocycles. The van der Waals surface area contributed by atoms with Crippen LogP contribution in [0.2, 0.25) is 0 Å². The molecule has 1 rings (SSSR count). The van der Waals surface area contributed by atoms with Crippen LogP contribution in [0.4, 0.5) is 4.79 Å². The van der Waals surface area contributed by atoms with E-state index in [0.717, 1.165) is 44.3 Å². The zero-order chi connectivity index (χ0) is 25.5. The quantitative estimate of drug-likeness (QED) is 0.112. The number of rotatable bonds is 16. The molecule has 2 unspecified atom stereocenters. The van der Waals surface area contributed by atoms with Gasteiger partial charge in [0.15, 0.2) is 0 Å². The molecule has 0 aromatic carbocycles. The van der Waals surface area contributed by atoms with Crippen molar-refractivity contribution in [2.45, 2.75) is 71.8 Å². The van der Waals surface area contributed by atoms with Crippen molar-refractivity contribution >= 4 is 18.0 Å². The molecule has 2 atom stereocenters. The van der Waals surface area contributed by atoms with Crippen LogP contribution in [0.15, 0.2) is 25.3 Å². The zero-order valence-corrected chi connectivity index (χ0v) is 21.0. The predicted molar refractivity (Wildman–Crippen MR) is 129 cm³/mol. The Balaban J connectivity index is 2.28. The summed E-state index contributed by atoms with van der Waals surface area (Å²) < 4.78 is 15.1. The van der Waals surface area contributed by atoms with Crippen molar-refractivity contribution in [1.29, 1.82) is 0 Å². The maximum Gasteiger partial charge on any atom is 0.407 e. The van der Waals surface area contributed by atoms with Gasteiger partial charge in [-0.1, -0.05) is 33.9 Å². The van der Waals surface area contributed by atoms with E-state index in [0.29, 0.717) is 32.6 Å². The topological polar surface area (TPSA) is 112 Å². The van der Waals surface area contributed by atoms with Crippen molar-refractivity contribution in [3.05, 3.63) is 25.3 Å². The van der Waals surface area contributed by atoms with Gasteiger partial charge in [0.25, 0.3) is 0 Å². The Morgan fingerprint density at radius 3 is 1.94 bits per heavy atom. The highest BCUT2D eigenvalue weighted by Crippen LogP contribution is 2.45. The second-order valence-corrected chi connectivity index (χ2v) is 9.87. The lowest BCUT2D eigenvalue weighted by Crippen LogP contribution is -2.49. The SMILES string of the molecule is C=CC(=O)OCCCCONC1CC(C)(C)CC(C)(CNC(=O)OCCCCOC(=O)C=C)C1. The molecule has 0 radical (unpaired) electrons. The maximum absolute atomic E-state index is 12.1. The number of amides is 1. The highest BCUT2D eigenvalue weighted by molar-refractivity contribution is 5.81. The summed E-state index contributed by atoms with van der Waals surface area (Å²) in [7, 11) is 0. The number of carbonyl (C=O) groups is 3. The van der Waals surface area contributed by atoms with Gasteiger partial charge in [0, 0.05) is 24.7 Å². The minimum atomic E-state index is -0.452. The van der Waals surface area contributed by atoms with Crippen LogP contribution in [0.3, 0.4) is 0 Å². The molecule has 0 spiro atoms. The van der Waals surface area contributed by atoms with Gasteiger partial charge in [-0.05, 0) is 55.8 Å². The van der Waals surface area contributed by atoms with E-state index in [1.54, 1.807) is 0 Å². The molecule has 0 aromatic rings. The van der Waals surface area contributed by atoms with Crippen molar-refractivity contribution in [2.24, 2.45) is 10.8 Å². The summed E-state index contributed by atoms with van der Waals surface area (Å²) in [6.45, 7) is 15.3. The molecule has 9 heteroatoms. The smallest absolute Gasteiger partial charge is 0.407 e. The molecule has 0 aliphatic heterocycles. The fourth-order valence-corrected chi connectivity index (χ4v) is 4.47. The first-order valence-corrected chi connectivity index (χ1v) is 12.0. The number of nitrogens with one attached hydrogen (secondary N) is 2. The monoisotopic (exact) mass is 482 g/mol. The van der Waals surface area contributed by atoms with Crippen molar-refractivity contribution in [1.82, 2.24) is 10.8 Å². The summed E-state index contributed by atoms with van der Waals surface area (Å²) in [6, 6.07) is 0.170. The Morgan fingerprint density at radius 1 is 0.853 bits per heavy atom. The molecule has 1 saturated carbocycles. The molecule has 1 amide bonds. The van der Waals surface area contributed by atoms with Crippen LogP contribution < -0.4 is 10.8 Å². The Hall–Kier alpha value is -2.39. The van der Waals surface area contributed by atoms with E-state index in [9.17, 15) is 14.4 Å². The third-order valence-corrected chi connectivity index (χ3v) is 5.59. The van der Waals surface area contributed by atoms with Crippen LogP contribution in [0, 0.1) is 10.8 Å². The van der Waals surface area contributed by atoms with Crippen LogP contribution in [0.25, 0.3) is 0 Å². The van der Waals surface area contributed by atoms with Gasteiger partial charge in [-0.2, -0.15) is 5.48 Å². The van der Waals surface area contributed by atoms with Crippen LogP contribution in [-0.4, -0.2) is 57.0 Å². The number of esters is 2. The molecule has 1 fully saturated rings. The third-order valence-electron chi connectivity index (χ3n) is 5.59. The maximum atomic E-state index is 12.1. The van der Waals surface area contributed by atoms with E-state index in [1.807, 2.05) is 0 Å². The second-order valence-electron chi connectivity index (χ2n) is 9.87. The summed E-state index contributed by atoms with van der Waals surface area (Å²) in [5.74, 6) is -0.862. The Kier molecular flexibility index (Phi) is 13.5. The fraction of sp³-hybridized carbons (Fsp3) is 0.720. The molecule has 1 aliphatic rings. The highest BCUT2D eigenvalue weighted by Gasteiger charge is 2.41. The molecule has 34 heavy (non-hydrogen) atoms. The molecule has 2 N–H and O–H groups in total. The molecular weight excluding hydrogens is 440 g/mol. The van der Waals surface area contributed by atoms with Gasteiger partial charge in [-0.15, -0.1) is 0 Å². The number of hydrogen-bond acceptors (Lipinski definition) is 8. The van der Waals surface area contributed by atoms with E-state index < -0.39 is 18.0 Å². The number of hydroxylamine groups is 1. The van der Waals surface area contributed by atoms with Crippen molar-refractivity contribution in [3.63, 3.8) is 0 Å². The predicted octanol–water partition coefficient (Wildman–Crippen LogP) is 3.84. The van der Waals surface area contributed by atoms with Gasteiger partial charge in [0.05, 0.1) is 26.4 Å². The van der Waals surface area contributed by atoms with Crippen molar-refractivity contribution in [3.8, 4) is 0 Å². The normalized spacial score (nSPS) is 21.2. The minimum Gasteiger partial charge on any atom is -0.463 e. The van der Waals surface area contributed by atoms with Gasteiger partial charge in [-0.25, -0.2) is 14.4 Å². The zero-order valence-electron chi connectivity index (χ0n) is 21.0. The molecule has 0 bridgehead atoms. The van der Waals surface area contributed by atoms with Crippen LogP contribution in [-0.2, 0) is 28.6 Å². The lowest BCUT2D eigenvalue weighted by Gasteiger charge is -2.46. The molecule has 0 heterocycles. The molecule has 9 nitrogen and oxygen atoms in total. The molecule has 1 aliphatic carbocycles. The molecule has 194 valence electrons. The largest absolute Gasteiger partial charge is 0.463 e. The average Bonchev–Trinajstić information content (AvgIpc) is 2.77. The van der Waals surface area contributed by atoms with Gasteiger partial charge in [0.2, 0.25) is 0 Å². The standard InChI is InChI=1S/C25H42N2O7/c1-6-21(28)31-12-8-9-14-33-23(30)26-19-25(5)17-20(16-24(3,4)18-25)27-34-15-11-10-13-32-22(29)7-2/h6-7,20,27H,1-2,8-19H2,3-5H3,(H,26,30). The van der Waals surface area contributed by atoms with E-state index in [1.165, 1.54) is 0 Å². The van der Waals surface area contributed by atoms with Crippen molar-refractivity contribution in [2.75, 3.05) is 33.0 Å². The average molecular weight is 483 g/mol. The second kappa shape index (κ2) is 15.5. The Labute approximate surface area is 203 Å². The summed E-state index contributed by atoms with van der Waals surface area (Å²) >= 11 is 0. The van der Waals surface area contributed by atoms with Crippen LogP contribution in [0.5, 0.6) is 0 Å². The first kappa shape index (κ1) is 29.6. The lowest BCUT2D eigenvalue weighted by molar-refractivity contribution is -0.138. The lowest BCUT2D eigenvalue weighted by atomic mass is 9.63. The number of ether oxygens (including phenoxy) is 3. The Morgan fingerprint density at radius 2 is 1.38 bits per heavy atom. The van der Waals surface area contributed by atoms with E-state index in [2.05, 4.69) is 44.7 Å². The fourth-order valence-electron chi connectivity index (χ4n) is 4.47. The summed E-state index contributed by atoms with van der Waals surface area (Å²) in [6.07, 6.45) is 7.37. The molecule has 0 aromatic heterocycles. The van der Waals surface area contributed by atoms with E-state index in [4.69, 9.17) is 19.0 Å².